The van der Waals surface area contributed by atoms with Gasteiger partial charge in [0.25, 0.3) is 5.91 Å². The first-order valence-corrected chi connectivity index (χ1v) is 12.8. The largest absolute Gasteiger partial charge is 0.367 e. The molecule has 6 nitrogen and oxygen atoms in total. The van der Waals surface area contributed by atoms with E-state index in [-0.39, 0.29) is 34.4 Å². The zero-order valence-electron chi connectivity index (χ0n) is 16.4. The van der Waals surface area contributed by atoms with Crippen LogP contribution >= 0.6 is 22.7 Å². The summed E-state index contributed by atoms with van der Waals surface area (Å²) < 4.78 is 34.3. The van der Waals surface area contributed by atoms with E-state index >= 15 is 0 Å². The van der Waals surface area contributed by atoms with Crippen LogP contribution in [0, 0.1) is 0 Å². The number of carbonyl (C=O) groups excluding carboxylic acids is 1. The molecule has 1 saturated heterocycles. The molecule has 2 atom stereocenters. The highest BCUT2D eigenvalue weighted by atomic mass is 32.2. The van der Waals surface area contributed by atoms with Crippen LogP contribution in [0.25, 0.3) is 0 Å². The maximum Gasteiger partial charge on any atom is 0.265 e. The summed E-state index contributed by atoms with van der Waals surface area (Å²) in [6.45, 7) is 2.92. The number of rotatable bonds is 6. The molecule has 0 spiro atoms. The summed E-state index contributed by atoms with van der Waals surface area (Å²) in [4.78, 5) is 16.1. The Balaban J connectivity index is 1.53. The van der Waals surface area contributed by atoms with E-state index in [2.05, 4.69) is 4.72 Å². The first kappa shape index (κ1) is 21.2. The van der Waals surface area contributed by atoms with Crippen molar-refractivity contribution in [3.8, 4) is 0 Å². The second-order valence-electron chi connectivity index (χ2n) is 7.07. The number of nitrogens with zero attached hydrogens (tertiary/aromatic N) is 1. The topological polar surface area (TPSA) is 75.7 Å². The van der Waals surface area contributed by atoms with E-state index in [1.807, 2.05) is 54.8 Å². The zero-order valence-corrected chi connectivity index (χ0v) is 18.8. The number of hydrogen-bond acceptors (Lipinski definition) is 6. The lowest BCUT2D eigenvalue weighted by atomic mass is 10.1. The Morgan fingerprint density at radius 1 is 1.10 bits per heavy atom. The van der Waals surface area contributed by atoms with Crippen molar-refractivity contribution in [2.75, 3.05) is 13.1 Å². The third kappa shape index (κ3) is 4.65. The number of amides is 1. The van der Waals surface area contributed by atoms with Crippen LogP contribution in [0.2, 0.25) is 0 Å². The van der Waals surface area contributed by atoms with E-state index in [1.165, 1.54) is 17.4 Å². The number of morpholine rings is 1. The Hall–Kier alpha value is -2.04. The van der Waals surface area contributed by atoms with Crippen LogP contribution in [-0.2, 0) is 21.3 Å². The predicted octanol–water partition coefficient (Wildman–Crippen LogP) is 3.89. The Morgan fingerprint density at radius 3 is 2.63 bits per heavy atom. The fourth-order valence-electron chi connectivity index (χ4n) is 3.43. The monoisotopic (exact) mass is 462 g/mol. The summed E-state index contributed by atoms with van der Waals surface area (Å²) in [5, 5.41) is 3.54. The van der Waals surface area contributed by atoms with Gasteiger partial charge < -0.3 is 9.64 Å². The number of benzene rings is 1. The van der Waals surface area contributed by atoms with Gasteiger partial charge in [-0.3, -0.25) is 4.79 Å². The van der Waals surface area contributed by atoms with Gasteiger partial charge in [0.05, 0.1) is 12.6 Å². The molecule has 2 unspecified atom stereocenters. The van der Waals surface area contributed by atoms with Crippen molar-refractivity contribution in [3.63, 3.8) is 0 Å². The van der Waals surface area contributed by atoms with Crippen LogP contribution in [0.1, 0.15) is 33.1 Å². The summed E-state index contributed by atoms with van der Waals surface area (Å²) in [7, 11) is -3.80. The lowest BCUT2D eigenvalue weighted by molar-refractivity contribution is -0.0691. The lowest BCUT2D eigenvalue weighted by Gasteiger charge is -2.37. The van der Waals surface area contributed by atoms with E-state index in [4.69, 9.17) is 4.74 Å². The maximum atomic E-state index is 13.3. The molecular weight excluding hydrogens is 440 g/mol. The normalized spacial score (nSPS) is 19.7. The van der Waals surface area contributed by atoms with Gasteiger partial charge in [-0.15, -0.1) is 22.7 Å². The number of sulfonamides is 1. The van der Waals surface area contributed by atoms with E-state index in [0.29, 0.717) is 13.1 Å². The molecule has 4 rings (SSSR count). The van der Waals surface area contributed by atoms with Gasteiger partial charge in [-0.25, -0.2) is 13.1 Å². The average molecular weight is 463 g/mol. The van der Waals surface area contributed by atoms with Crippen LogP contribution in [0.4, 0.5) is 0 Å². The smallest absolute Gasteiger partial charge is 0.265 e. The molecule has 9 heteroatoms. The van der Waals surface area contributed by atoms with Crippen molar-refractivity contribution in [2.24, 2.45) is 0 Å². The number of thiophene rings is 2. The van der Waals surface area contributed by atoms with Gasteiger partial charge in [-0.1, -0.05) is 36.4 Å². The van der Waals surface area contributed by atoms with E-state index in [1.54, 1.807) is 10.3 Å². The molecule has 3 aromatic rings. The first-order chi connectivity index (χ1) is 14.4. The number of hydrogen-bond donors (Lipinski definition) is 1. The molecule has 1 amide bonds. The first-order valence-electron chi connectivity index (χ1n) is 9.53. The van der Waals surface area contributed by atoms with E-state index < -0.39 is 10.0 Å². The zero-order chi connectivity index (χ0) is 21.1. The van der Waals surface area contributed by atoms with Crippen molar-refractivity contribution in [1.82, 2.24) is 9.62 Å². The number of carbonyl (C=O) groups is 1. The van der Waals surface area contributed by atoms with Gasteiger partial charge in [0.2, 0.25) is 10.0 Å². The molecule has 0 aliphatic carbocycles. The molecule has 0 bridgehead atoms. The van der Waals surface area contributed by atoms with Gasteiger partial charge in [-0.05, 0) is 35.4 Å². The van der Waals surface area contributed by atoms with Crippen LogP contribution < -0.4 is 4.72 Å². The predicted molar refractivity (Wildman–Crippen MR) is 118 cm³/mol. The van der Waals surface area contributed by atoms with Crippen LogP contribution in [0.3, 0.4) is 0 Å². The molecule has 2 aromatic heterocycles. The molecule has 1 aliphatic rings. The number of nitrogens with one attached hydrogen (secondary N) is 1. The lowest BCUT2D eigenvalue weighted by Crippen LogP contribution is -2.46. The van der Waals surface area contributed by atoms with E-state index in [9.17, 15) is 13.2 Å². The molecule has 158 valence electrons. The Bertz CT molecular complexity index is 1090. The van der Waals surface area contributed by atoms with Gasteiger partial charge in [0.1, 0.15) is 15.9 Å². The Labute approximate surface area is 184 Å². The van der Waals surface area contributed by atoms with Crippen LogP contribution in [0.15, 0.2) is 64.2 Å². The molecule has 3 heterocycles. The fourth-order valence-corrected chi connectivity index (χ4v) is 6.56. The van der Waals surface area contributed by atoms with Gasteiger partial charge in [0.15, 0.2) is 0 Å². The summed E-state index contributed by atoms with van der Waals surface area (Å²) in [6, 6.07) is 15.0. The van der Waals surface area contributed by atoms with Crippen molar-refractivity contribution in [1.29, 1.82) is 0 Å². The molecule has 0 radical (unpaired) electrons. The highest BCUT2D eigenvalue weighted by Crippen LogP contribution is 2.29. The highest BCUT2D eigenvalue weighted by molar-refractivity contribution is 7.89. The molecular formula is C21H22N2O4S3. The third-order valence-corrected chi connectivity index (χ3v) is 8.20. The van der Waals surface area contributed by atoms with E-state index in [0.717, 1.165) is 21.8 Å². The van der Waals surface area contributed by atoms with Gasteiger partial charge in [-0.2, -0.15) is 0 Å². The highest BCUT2D eigenvalue weighted by Gasteiger charge is 2.33. The van der Waals surface area contributed by atoms with Crippen LogP contribution in [0.5, 0.6) is 0 Å². The van der Waals surface area contributed by atoms with Gasteiger partial charge >= 0.3 is 0 Å². The quantitative estimate of drug-likeness (QED) is 0.603. The molecule has 1 aromatic carbocycles. The average Bonchev–Trinajstić information content (AvgIpc) is 3.44. The molecule has 1 aliphatic heterocycles. The Morgan fingerprint density at radius 2 is 1.90 bits per heavy atom. The molecule has 1 fully saturated rings. The van der Waals surface area contributed by atoms with Crippen LogP contribution in [-0.4, -0.2) is 38.4 Å². The van der Waals surface area contributed by atoms with Gasteiger partial charge in [0, 0.05) is 18.0 Å². The minimum Gasteiger partial charge on any atom is -0.367 e. The standard InChI is InChI=1S/C21H22N2O4S3/c1-15-13-23(14-18(27-15)16-6-3-2-4-7-16)21(24)20-19(9-11-29-20)30(25,26)22-12-17-8-5-10-28-17/h2-11,15,18,22H,12-14H2,1H3. The van der Waals surface area contributed by atoms with Crippen molar-refractivity contribution in [3.05, 3.63) is 74.6 Å². The summed E-state index contributed by atoms with van der Waals surface area (Å²) >= 11 is 2.63. The summed E-state index contributed by atoms with van der Waals surface area (Å²) in [6.07, 6.45) is -0.388. The van der Waals surface area contributed by atoms with Crippen molar-refractivity contribution < 1.29 is 17.9 Å². The minimum atomic E-state index is -3.80. The summed E-state index contributed by atoms with van der Waals surface area (Å²) in [5.41, 5.74) is 0.999. The SMILES string of the molecule is CC1CN(C(=O)c2sccc2S(=O)(=O)NCc2cccs2)CC(c2ccccc2)O1. The van der Waals surface area contributed by atoms with Crippen molar-refractivity contribution in [2.45, 2.75) is 30.6 Å². The maximum absolute atomic E-state index is 13.3. The number of ether oxygens (including phenoxy) is 1. The minimum absolute atomic E-state index is 0.0319. The summed E-state index contributed by atoms with van der Waals surface area (Å²) in [5.74, 6) is -0.280. The molecule has 30 heavy (non-hydrogen) atoms. The third-order valence-electron chi connectivity index (χ3n) is 4.85. The second kappa shape index (κ2) is 8.99. The Kier molecular flexibility index (Phi) is 6.35. The van der Waals surface area contributed by atoms with Crippen molar-refractivity contribution >= 4 is 38.6 Å². The second-order valence-corrected chi connectivity index (χ2v) is 10.8. The molecule has 0 saturated carbocycles. The fraction of sp³-hybridized carbons (Fsp3) is 0.286. The molecule has 1 N–H and O–H groups in total.